The molecule has 0 saturated heterocycles. The minimum Gasteiger partial charge on any atom is -0.454 e. The number of nitrogens with two attached hydrogens (primary N) is 1. The Labute approximate surface area is 97.6 Å². The average molecular weight is 274 g/mol. The Hall–Kier alpha value is -1.51. The van der Waals surface area contributed by atoms with Crippen LogP contribution >= 0.6 is 0 Å². The molecule has 0 spiro atoms. The molecule has 3 nitrogen and oxygen atoms in total. The largest absolute Gasteiger partial charge is 0.454 e. The summed E-state index contributed by atoms with van der Waals surface area (Å²) in [5, 5.41) is 0. The van der Waals surface area contributed by atoms with E-state index >= 15 is 0 Å². The minimum absolute atomic E-state index is 0.0454. The second-order valence-corrected chi connectivity index (χ2v) is 3.25. The van der Waals surface area contributed by atoms with Crippen LogP contribution in [-0.4, -0.2) is 23.4 Å². The topological polar surface area (TPSA) is 48.1 Å². The van der Waals surface area contributed by atoms with E-state index in [-0.39, 0.29) is 12.1 Å². The third-order valence-electron chi connectivity index (χ3n) is 1.89. The number of pyridine rings is 1. The van der Waals surface area contributed by atoms with E-state index in [0.29, 0.717) is 0 Å². The second-order valence-electron chi connectivity index (χ2n) is 3.25. The minimum atomic E-state index is -5.58. The Morgan fingerprint density at radius 1 is 1.17 bits per heavy atom. The quantitative estimate of drug-likeness (QED) is 0.861. The predicted octanol–water partition coefficient (Wildman–Crippen LogP) is 2.41. The molecule has 0 unspecified atom stereocenters. The summed E-state index contributed by atoms with van der Waals surface area (Å²) in [6.07, 6.45) is -14.1. The monoisotopic (exact) mass is 274 g/mol. The maximum absolute atomic E-state index is 12.2. The van der Waals surface area contributed by atoms with Crippen molar-refractivity contribution in [3.63, 3.8) is 0 Å². The molecule has 0 atom stereocenters. The van der Waals surface area contributed by atoms with Crippen molar-refractivity contribution < 1.29 is 31.1 Å². The van der Waals surface area contributed by atoms with Crippen LogP contribution in [0.5, 0.6) is 5.88 Å². The van der Waals surface area contributed by atoms with E-state index in [1.165, 1.54) is 12.1 Å². The SMILES string of the molecule is NCc1cccnc1OC(C(F)(F)F)C(F)(F)F. The maximum atomic E-state index is 12.2. The van der Waals surface area contributed by atoms with Crippen molar-refractivity contribution in [3.8, 4) is 5.88 Å². The molecule has 1 aromatic rings. The molecule has 0 aliphatic carbocycles. The average Bonchev–Trinajstić information content (AvgIpc) is 2.23. The zero-order valence-corrected chi connectivity index (χ0v) is 8.72. The van der Waals surface area contributed by atoms with Crippen molar-refractivity contribution in [2.45, 2.75) is 25.0 Å². The number of ether oxygens (including phenoxy) is 1. The van der Waals surface area contributed by atoms with Crippen LogP contribution in [0.25, 0.3) is 0 Å². The van der Waals surface area contributed by atoms with Crippen molar-refractivity contribution in [1.82, 2.24) is 4.98 Å². The Morgan fingerprint density at radius 2 is 1.72 bits per heavy atom. The lowest BCUT2D eigenvalue weighted by Gasteiger charge is -2.24. The highest BCUT2D eigenvalue weighted by atomic mass is 19.4. The third kappa shape index (κ3) is 3.49. The molecule has 9 heteroatoms. The summed E-state index contributed by atoms with van der Waals surface area (Å²) in [5.41, 5.74) is 5.12. The van der Waals surface area contributed by atoms with Crippen molar-refractivity contribution >= 4 is 0 Å². The molecule has 2 N–H and O–H groups in total. The molecule has 102 valence electrons. The summed E-state index contributed by atoms with van der Waals surface area (Å²) in [6.45, 7) is -0.286. The molecule has 0 amide bonds. The molecule has 18 heavy (non-hydrogen) atoms. The Bertz CT molecular complexity index is 389. The lowest BCUT2D eigenvalue weighted by atomic mass is 10.2. The molecule has 0 saturated carbocycles. The first-order valence-corrected chi connectivity index (χ1v) is 4.60. The number of halogens is 6. The summed E-state index contributed by atoms with van der Waals surface area (Å²) in [7, 11) is 0. The Morgan fingerprint density at radius 3 is 2.17 bits per heavy atom. The zero-order chi connectivity index (χ0) is 14.0. The van der Waals surface area contributed by atoms with Gasteiger partial charge in [0.25, 0.3) is 6.10 Å². The summed E-state index contributed by atoms with van der Waals surface area (Å²) in [4.78, 5) is 3.31. The molecule has 0 fully saturated rings. The van der Waals surface area contributed by atoms with Crippen LogP contribution in [0.15, 0.2) is 18.3 Å². The van der Waals surface area contributed by atoms with E-state index in [0.717, 1.165) is 6.20 Å². The Balaban J connectivity index is 3.05. The molecule has 0 aliphatic heterocycles. The van der Waals surface area contributed by atoms with Gasteiger partial charge in [0, 0.05) is 18.3 Å². The van der Waals surface area contributed by atoms with Gasteiger partial charge in [-0.05, 0) is 6.07 Å². The van der Waals surface area contributed by atoms with Gasteiger partial charge in [-0.2, -0.15) is 26.3 Å². The lowest BCUT2D eigenvalue weighted by Crippen LogP contribution is -2.46. The summed E-state index contributed by atoms with van der Waals surface area (Å²) in [6, 6.07) is 2.55. The first-order chi connectivity index (χ1) is 8.16. The zero-order valence-electron chi connectivity index (χ0n) is 8.72. The first-order valence-electron chi connectivity index (χ1n) is 4.60. The number of hydrogen-bond donors (Lipinski definition) is 1. The molecule has 1 rings (SSSR count). The van der Waals surface area contributed by atoms with Gasteiger partial charge >= 0.3 is 12.4 Å². The van der Waals surface area contributed by atoms with Crippen LogP contribution in [0.1, 0.15) is 5.56 Å². The van der Waals surface area contributed by atoms with E-state index in [9.17, 15) is 26.3 Å². The number of rotatable bonds is 3. The molecular weight excluding hydrogens is 266 g/mol. The van der Waals surface area contributed by atoms with Gasteiger partial charge in [-0.25, -0.2) is 4.98 Å². The van der Waals surface area contributed by atoms with Gasteiger partial charge in [0.1, 0.15) is 0 Å². The van der Waals surface area contributed by atoms with Gasteiger partial charge in [0.05, 0.1) is 0 Å². The Kier molecular flexibility index (Phi) is 4.05. The summed E-state index contributed by atoms with van der Waals surface area (Å²) in [5.74, 6) is -0.778. The molecule has 1 heterocycles. The highest BCUT2D eigenvalue weighted by Crippen LogP contribution is 2.36. The van der Waals surface area contributed by atoms with Crippen molar-refractivity contribution in [2.75, 3.05) is 0 Å². The third-order valence-corrected chi connectivity index (χ3v) is 1.89. The van der Waals surface area contributed by atoms with E-state index < -0.39 is 24.3 Å². The molecule has 0 aromatic carbocycles. The molecular formula is C9H8F6N2O. The fourth-order valence-electron chi connectivity index (χ4n) is 1.12. The van der Waals surface area contributed by atoms with Gasteiger partial charge in [0.2, 0.25) is 5.88 Å². The number of aromatic nitrogens is 1. The van der Waals surface area contributed by atoms with E-state index in [1.807, 2.05) is 0 Å². The fourth-order valence-corrected chi connectivity index (χ4v) is 1.12. The van der Waals surface area contributed by atoms with E-state index in [2.05, 4.69) is 9.72 Å². The summed E-state index contributed by atoms with van der Waals surface area (Å²) >= 11 is 0. The molecule has 0 aliphatic rings. The van der Waals surface area contributed by atoms with Crippen LogP contribution in [0.4, 0.5) is 26.3 Å². The maximum Gasteiger partial charge on any atom is 0.434 e. The van der Waals surface area contributed by atoms with E-state index in [1.54, 1.807) is 0 Å². The smallest absolute Gasteiger partial charge is 0.434 e. The number of hydrogen-bond acceptors (Lipinski definition) is 3. The van der Waals surface area contributed by atoms with Crippen LogP contribution in [0.2, 0.25) is 0 Å². The van der Waals surface area contributed by atoms with E-state index in [4.69, 9.17) is 5.73 Å². The fraction of sp³-hybridized carbons (Fsp3) is 0.444. The highest BCUT2D eigenvalue weighted by Gasteiger charge is 2.59. The normalized spacial score (nSPS) is 12.9. The van der Waals surface area contributed by atoms with Crippen molar-refractivity contribution in [2.24, 2.45) is 5.73 Å². The molecule has 0 bridgehead atoms. The van der Waals surface area contributed by atoms with Crippen molar-refractivity contribution in [3.05, 3.63) is 23.9 Å². The predicted molar refractivity (Wildman–Crippen MR) is 48.7 cm³/mol. The summed E-state index contributed by atoms with van der Waals surface area (Å²) < 4.78 is 77.3. The van der Waals surface area contributed by atoms with Gasteiger partial charge in [-0.1, -0.05) is 6.07 Å². The van der Waals surface area contributed by atoms with Gasteiger partial charge < -0.3 is 10.5 Å². The molecule has 0 radical (unpaired) electrons. The van der Waals surface area contributed by atoms with Crippen LogP contribution in [-0.2, 0) is 6.54 Å². The van der Waals surface area contributed by atoms with Gasteiger partial charge in [-0.3, -0.25) is 0 Å². The lowest BCUT2D eigenvalue weighted by molar-refractivity contribution is -0.300. The highest BCUT2D eigenvalue weighted by molar-refractivity contribution is 5.25. The van der Waals surface area contributed by atoms with Crippen LogP contribution < -0.4 is 10.5 Å². The first kappa shape index (κ1) is 14.6. The number of nitrogens with zero attached hydrogens (tertiary/aromatic N) is 1. The van der Waals surface area contributed by atoms with Crippen LogP contribution in [0, 0.1) is 0 Å². The van der Waals surface area contributed by atoms with Crippen molar-refractivity contribution in [1.29, 1.82) is 0 Å². The standard InChI is InChI=1S/C9H8F6N2O/c10-8(11,12)7(9(13,14)15)18-6-5(4-16)2-1-3-17-6/h1-3,7H,4,16H2. The second kappa shape index (κ2) is 5.01. The van der Waals surface area contributed by atoms with Gasteiger partial charge in [-0.15, -0.1) is 0 Å². The van der Waals surface area contributed by atoms with Gasteiger partial charge in [0.15, 0.2) is 0 Å². The number of alkyl halides is 6. The van der Waals surface area contributed by atoms with Crippen LogP contribution in [0.3, 0.4) is 0 Å². The molecule has 1 aromatic heterocycles.